The summed E-state index contributed by atoms with van der Waals surface area (Å²) in [6, 6.07) is 5.34. The maximum atomic E-state index is 14.2. The number of aromatic nitrogens is 3. The SMILES string of the molecule is COc1ccc(CC(C)(C)F)cc1C(O)(c1nccs1)n1ccnc1C. The lowest BCUT2D eigenvalue weighted by Crippen LogP contribution is -2.37. The van der Waals surface area contributed by atoms with Gasteiger partial charge in [-0.2, -0.15) is 0 Å². The summed E-state index contributed by atoms with van der Waals surface area (Å²) in [5.41, 5.74) is -1.70. The highest BCUT2D eigenvalue weighted by Crippen LogP contribution is 2.39. The second-order valence-electron chi connectivity index (χ2n) is 6.78. The van der Waals surface area contributed by atoms with E-state index in [2.05, 4.69) is 9.97 Å². The van der Waals surface area contributed by atoms with Gasteiger partial charge in [-0.15, -0.1) is 11.3 Å². The number of aliphatic hydroxyl groups is 1. The van der Waals surface area contributed by atoms with E-state index in [4.69, 9.17) is 4.74 Å². The molecule has 26 heavy (non-hydrogen) atoms. The third-order valence-electron chi connectivity index (χ3n) is 4.17. The fraction of sp³-hybridized carbons (Fsp3) is 0.368. The number of nitrogens with zero attached hydrogens (tertiary/aromatic N) is 3. The summed E-state index contributed by atoms with van der Waals surface area (Å²) in [6.07, 6.45) is 5.18. The van der Waals surface area contributed by atoms with Gasteiger partial charge in [0, 0.05) is 30.4 Å². The van der Waals surface area contributed by atoms with Crippen molar-refractivity contribution in [2.24, 2.45) is 0 Å². The van der Waals surface area contributed by atoms with Crippen molar-refractivity contribution in [2.45, 2.75) is 38.6 Å². The first-order valence-corrected chi connectivity index (χ1v) is 9.13. The summed E-state index contributed by atoms with van der Waals surface area (Å²) in [5.74, 6) is 1.12. The number of thiazole rings is 1. The molecule has 1 aromatic carbocycles. The number of alkyl halides is 1. The van der Waals surface area contributed by atoms with Gasteiger partial charge in [0.2, 0.25) is 5.72 Å². The normalized spacial score (nSPS) is 14.2. The summed E-state index contributed by atoms with van der Waals surface area (Å²) in [6.45, 7) is 4.87. The average molecular weight is 375 g/mol. The van der Waals surface area contributed by atoms with Crippen LogP contribution in [-0.2, 0) is 12.1 Å². The van der Waals surface area contributed by atoms with Crippen molar-refractivity contribution in [3.63, 3.8) is 0 Å². The van der Waals surface area contributed by atoms with Crippen LogP contribution in [-0.4, -0.2) is 32.4 Å². The monoisotopic (exact) mass is 375 g/mol. The topological polar surface area (TPSA) is 60.2 Å². The van der Waals surface area contributed by atoms with Crippen molar-refractivity contribution < 1.29 is 14.2 Å². The number of halogens is 1. The van der Waals surface area contributed by atoms with E-state index in [0.717, 1.165) is 5.56 Å². The Morgan fingerprint density at radius 2 is 2.04 bits per heavy atom. The Morgan fingerprint density at radius 3 is 2.58 bits per heavy atom. The molecule has 1 atom stereocenters. The zero-order valence-corrected chi connectivity index (χ0v) is 16.0. The maximum Gasteiger partial charge on any atom is 0.226 e. The van der Waals surface area contributed by atoms with Crippen molar-refractivity contribution in [1.29, 1.82) is 0 Å². The molecule has 0 saturated heterocycles. The minimum absolute atomic E-state index is 0.223. The number of hydrogen-bond acceptors (Lipinski definition) is 5. The summed E-state index contributed by atoms with van der Waals surface area (Å²) >= 11 is 1.33. The summed E-state index contributed by atoms with van der Waals surface area (Å²) in [5, 5.41) is 14.1. The molecule has 0 radical (unpaired) electrons. The van der Waals surface area contributed by atoms with Gasteiger partial charge in [0.15, 0.2) is 5.01 Å². The zero-order valence-electron chi connectivity index (χ0n) is 15.2. The first kappa shape index (κ1) is 18.5. The number of rotatable bonds is 6. The van der Waals surface area contributed by atoms with Crippen LogP contribution in [0, 0.1) is 6.92 Å². The predicted octanol–water partition coefficient (Wildman–Crippen LogP) is 3.69. The lowest BCUT2D eigenvalue weighted by atomic mass is 9.94. The fourth-order valence-electron chi connectivity index (χ4n) is 3.09. The van der Waals surface area contributed by atoms with Gasteiger partial charge in [-0.25, -0.2) is 14.4 Å². The Labute approximate surface area is 156 Å². The number of hydrogen-bond donors (Lipinski definition) is 1. The fourth-order valence-corrected chi connectivity index (χ4v) is 3.83. The lowest BCUT2D eigenvalue weighted by molar-refractivity contribution is 0.0436. The Balaban J connectivity index is 2.24. The number of imidazole rings is 1. The van der Waals surface area contributed by atoms with E-state index in [1.807, 2.05) is 6.07 Å². The van der Waals surface area contributed by atoms with Gasteiger partial charge in [0.25, 0.3) is 0 Å². The molecule has 3 rings (SSSR count). The van der Waals surface area contributed by atoms with Crippen LogP contribution in [0.1, 0.15) is 35.8 Å². The third kappa shape index (κ3) is 3.37. The van der Waals surface area contributed by atoms with Crippen molar-refractivity contribution in [3.05, 3.63) is 64.1 Å². The average Bonchev–Trinajstić information content (AvgIpc) is 3.24. The van der Waals surface area contributed by atoms with Gasteiger partial charge in [-0.3, -0.25) is 4.57 Å². The number of aryl methyl sites for hydroxylation is 1. The number of benzene rings is 1. The van der Waals surface area contributed by atoms with Gasteiger partial charge in [-0.05, 0) is 38.5 Å². The molecule has 7 heteroatoms. The van der Waals surface area contributed by atoms with Crippen LogP contribution in [0.5, 0.6) is 5.75 Å². The van der Waals surface area contributed by atoms with E-state index >= 15 is 0 Å². The molecule has 0 aliphatic heterocycles. The summed E-state index contributed by atoms with van der Waals surface area (Å²) in [4.78, 5) is 8.57. The highest BCUT2D eigenvalue weighted by molar-refractivity contribution is 7.09. The number of methoxy groups -OCH3 is 1. The van der Waals surface area contributed by atoms with Gasteiger partial charge >= 0.3 is 0 Å². The molecular formula is C19H22FN3O2S. The molecule has 0 bridgehead atoms. The highest BCUT2D eigenvalue weighted by Gasteiger charge is 2.40. The van der Waals surface area contributed by atoms with Crippen LogP contribution in [0.3, 0.4) is 0 Å². The predicted molar refractivity (Wildman–Crippen MR) is 99.4 cm³/mol. The molecule has 2 heterocycles. The van der Waals surface area contributed by atoms with Gasteiger partial charge < -0.3 is 9.84 Å². The highest BCUT2D eigenvalue weighted by atomic mass is 32.1. The second-order valence-corrected chi connectivity index (χ2v) is 7.68. The van der Waals surface area contributed by atoms with E-state index in [0.29, 0.717) is 22.1 Å². The van der Waals surface area contributed by atoms with E-state index in [1.165, 1.54) is 25.2 Å². The molecule has 0 spiro atoms. The molecule has 0 fully saturated rings. The van der Waals surface area contributed by atoms with Gasteiger partial charge in [0.05, 0.1) is 12.7 Å². The van der Waals surface area contributed by atoms with Crippen LogP contribution in [0.4, 0.5) is 4.39 Å². The van der Waals surface area contributed by atoms with E-state index < -0.39 is 11.4 Å². The van der Waals surface area contributed by atoms with Crippen molar-refractivity contribution >= 4 is 11.3 Å². The van der Waals surface area contributed by atoms with E-state index in [-0.39, 0.29) is 6.42 Å². The molecule has 0 amide bonds. The van der Waals surface area contributed by atoms with Crippen LogP contribution < -0.4 is 4.74 Å². The quantitative estimate of drug-likeness (QED) is 0.714. The third-order valence-corrected chi connectivity index (χ3v) is 5.04. The van der Waals surface area contributed by atoms with Crippen molar-refractivity contribution in [3.8, 4) is 5.75 Å². The Hall–Kier alpha value is -2.25. The smallest absolute Gasteiger partial charge is 0.226 e. The Kier molecular flexibility index (Phi) is 4.86. The molecule has 1 unspecified atom stereocenters. The first-order chi connectivity index (χ1) is 12.3. The minimum atomic E-state index is -1.60. The first-order valence-electron chi connectivity index (χ1n) is 8.25. The van der Waals surface area contributed by atoms with Crippen molar-refractivity contribution in [1.82, 2.24) is 14.5 Å². The largest absolute Gasteiger partial charge is 0.496 e. The molecule has 0 aliphatic carbocycles. The van der Waals surface area contributed by atoms with Crippen LogP contribution >= 0.6 is 11.3 Å². The Morgan fingerprint density at radius 1 is 1.27 bits per heavy atom. The molecule has 5 nitrogen and oxygen atoms in total. The van der Waals surface area contributed by atoms with E-state index in [9.17, 15) is 9.50 Å². The minimum Gasteiger partial charge on any atom is -0.496 e. The molecular weight excluding hydrogens is 353 g/mol. The second kappa shape index (κ2) is 6.81. The van der Waals surface area contributed by atoms with Gasteiger partial charge in [0.1, 0.15) is 17.2 Å². The molecule has 2 aromatic heterocycles. The van der Waals surface area contributed by atoms with Crippen LogP contribution in [0.25, 0.3) is 0 Å². The summed E-state index contributed by atoms with van der Waals surface area (Å²) in [7, 11) is 1.54. The van der Waals surface area contributed by atoms with Crippen molar-refractivity contribution in [2.75, 3.05) is 7.11 Å². The standard InChI is InChI=1S/C19H22FN3O2S/c1-13-21-7-9-23(13)19(24,17-22-8-10-26-17)15-11-14(12-18(2,3)20)5-6-16(15)25-4/h5-11,24H,12H2,1-4H3. The van der Waals surface area contributed by atoms with Gasteiger partial charge in [-0.1, -0.05) is 6.07 Å². The van der Waals surface area contributed by atoms with Crippen LogP contribution in [0.2, 0.25) is 0 Å². The lowest BCUT2D eigenvalue weighted by Gasteiger charge is -2.31. The van der Waals surface area contributed by atoms with Crippen LogP contribution in [0.15, 0.2) is 42.2 Å². The zero-order chi connectivity index (χ0) is 18.9. The summed E-state index contributed by atoms with van der Waals surface area (Å²) < 4.78 is 21.3. The number of ether oxygens (including phenoxy) is 1. The molecule has 138 valence electrons. The van der Waals surface area contributed by atoms with E-state index in [1.54, 1.807) is 54.7 Å². The molecule has 0 aliphatic rings. The molecule has 0 saturated carbocycles. The molecule has 3 aromatic rings. The Bertz CT molecular complexity index is 887. The maximum absolute atomic E-state index is 14.2. The molecule has 1 N–H and O–H groups in total.